The van der Waals surface area contributed by atoms with Crippen molar-refractivity contribution in [3.63, 3.8) is 0 Å². The molecule has 0 unspecified atom stereocenters. The normalized spacial score (nSPS) is 10.5. The van der Waals surface area contributed by atoms with Gasteiger partial charge in [0.15, 0.2) is 0 Å². The van der Waals surface area contributed by atoms with E-state index in [1.54, 1.807) is 24.3 Å². The van der Waals surface area contributed by atoms with Gasteiger partial charge in [0.1, 0.15) is 17.2 Å². The highest BCUT2D eigenvalue weighted by Gasteiger charge is 2.16. The fraction of sp³-hybridized carbons (Fsp3) is 0. The zero-order chi connectivity index (χ0) is 16.4. The van der Waals surface area contributed by atoms with E-state index in [9.17, 15) is 18.4 Å². The summed E-state index contributed by atoms with van der Waals surface area (Å²) in [4.78, 5) is 26.9. The molecule has 1 amide bonds. The Kier molecular flexibility index (Phi) is 3.76. The van der Waals surface area contributed by atoms with Gasteiger partial charge in [-0.25, -0.2) is 8.78 Å². The summed E-state index contributed by atoms with van der Waals surface area (Å²) in [6.07, 6.45) is 1.12. The molecule has 1 heterocycles. The number of fused-ring (bicyclic) bond motifs is 1. The molecule has 0 saturated carbocycles. The molecule has 2 aromatic carbocycles. The third kappa shape index (κ3) is 2.89. The molecule has 0 saturated heterocycles. The van der Waals surface area contributed by atoms with Gasteiger partial charge >= 0.3 is 0 Å². The van der Waals surface area contributed by atoms with Gasteiger partial charge in [-0.3, -0.25) is 20.4 Å². The molecular formula is C16H11F2N3O2. The van der Waals surface area contributed by atoms with Gasteiger partial charge in [-0.1, -0.05) is 18.2 Å². The Labute approximate surface area is 128 Å². The first-order chi connectivity index (χ1) is 11.1. The second-order valence-corrected chi connectivity index (χ2v) is 4.79. The highest BCUT2D eigenvalue weighted by molar-refractivity contribution is 5.97. The van der Waals surface area contributed by atoms with Gasteiger partial charge in [0.2, 0.25) is 5.43 Å². The highest BCUT2D eigenvalue weighted by Crippen LogP contribution is 2.15. The Balaban J connectivity index is 1.92. The third-order valence-corrected chi connectivity index (χ3v) is 3.24. The van der Waals surface area contributed by atoms with Crippen LogP contribution in [0.4, 0.5) is 14.5 Å². The van der Waals surface area contributed by atoms with Crippen LogP contribution in [0.5, 0.6) is 0 Å². The topological polar surface area (TPSA) is 74.0 Å². The van der Waals surface area contributed by atoms with Gasteiger partial charge in [-0.05, 0) is 18.2 Å². The fourth-order valence-corrected chi connectivity index (χ4v) is 2.15. The predicted molar refractivity (Wildman–Crippen MR) is 82.0 cm³/mol. The minimum absolute atomic E-state index is 0.0138. The Hall–Kier alpha value is -3.22. The smallest absolute Gasteiger partial charge is 0.275 e. The summed E-state index contributed by atoms with van der Waals surface area (Å²) in [5.41, 5.74) is 4.48. The van der Waals surface area contributed by atoms with Crippen molar-refractivity contribution in [2.45, 2.75) is 0 Å². The maximum atomic E-state index is 13.8. The van der Waals surface area contributed by atoms with Crippen molar-refractivity contribution in [3.05, 3.63) is 76.1 Å². The van der Waals surface area contributed by atoms with E-state index in [2.05, 4.69) is 15.8 Å². The quantitative estimate of drug-likeness (QED) is 0.650. The van der Waals surface area contributed by atoms with Gasteiger partial charge in [0.05, 0.1) is 16.6 Å². The van der Waals surface area contributed by atoms with E-state index in [1.807, 2.05) is 6.07 Å². The number of nitrogens with one attached hydrogen (secondary N) is 3. The van der Waals surface area contributed by atoms with Crippen LogP contribution < -0.4 is 16.3 Å². The number of amides is 1. The Bertz CT molecular complexity index is 939. The molecule has 116 valence electrons. The second kappa shape index (κ2) is 5.88. The molecule has 3 rings (SSSR count). The number of para-hydroxylation sites is 1. The summed E-state index contributed by atoms with van der Waals surface area (Å²) in [7, 11) is 0. The first-order valence-corrected chi connectivity index (χ1v) is 6.68. The number of pyridine rings is 1. The van der Waals surface area contributed by atoms with Crippen molar-refractivity contribution in [1.82, 2.24) is 10.4 Å². The standard InChI is InChI=1S/C16H11F2N3O2/c17-9-6-12(18)14-13(7-9)19-8-11(15(14)22)16(23)21-20-10-4-2-1-3-5-10/h1-8,20H,(H,19,22)(H,21,23). The van der Waals surface area contributed by atoms with Gasteiger partial charge in [0, 0.05) is 12.3 Å². The van der Waals surface area contributed by atoms with Crippen molar-refractivity contribution >= 4 is 22.5 Å². The molecule has 7 heteroatoms. The number of hydrazine groups is 1. The summed E-state index contributed by atoms with van der Waals surface area (Å²) in [6.45, 7) is 0. The average molecular weight is 315 g/mol. The van der Waals surface area contributed by atoms with Crippen LogP contribution >= 0.6 is 0 Å². The zero-order valence-corrected chi connectivity index (χ0v) is 11.7. The molecule has 5 nitrogen and oxygen atoms in total. The molecule has 0 aliphatic heterocycles. The Morgan fingerprint density at radius 1 is 1.09 bits per heavy atom. The highest BCUT2D eigenvalue weighted by atomic mass is 19.1. The van der Waals surface area contributed by atoms with Crippen LogP contribution in [-0.4, -0.2) is 10.9 Å². The van der Waals surface area contributed by atoms with Crippen LogP contribution in [0.2, 0.25) is 0 Å². The summed E-state index contributed by atoms with van der Waals surface area (Å²) < 4.78 is 26.9. The minimum atomic E-state index is -1.02. The lowest BCUT2D eigenvalue weighted by molar-refractivity contribution is 0.0961. The molecule has 0 radical (unpaired) electrons. The molecule has 0 aliphatic carbocycles. The number of aromatic amines is 1. The number of benzene rings is 2. The van der Waals surface area contributed by atoms with Crippen LogP contribution in [0.3, 0.4) is 0 Å². The van der Waals surface area contributed by atoms with Gasteiger partial charge in [-0.2, -0.15) is 0 Å². The molecule has 3 aromatic rings. The molecule has 23 heavy (non-hydrogen) atoms. The fourth-order valence-electron chi connectivity index (χ4n) is 2.15. The predicted octanol–water partition coefficient (Wildman–Crippen LogP) is 2.56. The van der Waals surface area contributed by atoms with E-state index in [0.717, 1.165) is 12.3 Å². The zero-order valence-electron chi connectivity index (χ0n) is 11.7. The number of halogens is 2. The van der Waals surface area contributed by atoms with E-state index in [0.29, 0.717) is 11.8 Å². The van der Waals surface area contributed by atoms with E-state index in [-0.39, 0.29) is 16.5 Å². The van der Waals surface area contributed by atoms with Gasteiger partial charge in [-0.15, -0.1) is 0 Å². The van der Waals surface area contributed by atoms with Crippen LogP contribution in [0.1, 0.15) is 10.4 Å². The average Bonchev–Trinajstić information content (AvgIpc) is 2.53. The van der Waals surface area contributed by atoms with E-state index >= 15 is 0 Å². The summed E-state index contributed by atoms with van der Waals surface area (Å²) in [5.74, 6) is -2.57. The van der Waals surface area contributed by atoms with Crippen LogP contribution in [-0.2, 0) is 0 Å². The molecule has 3 N–H and O–H groups in total. The van der Waals surface area contributed by atoms with E-state index in [1.165, 1.54) is 0 Å². The van der Waals surface area contributed by atoms with Crippen LogP contribution in [0.25, 0.3) is 10.9 Å². The summed E-state index contributed by atoms with van der Waals surface area (Å²) in [6, 6.07) is 10.4. The minimum Gasteiger partial charge on any atom is -0.360 e. The molecular weight excluding hydrogens is 304 g/mol. The molecule has 0 bridgehead atoms. The maximum Gasteiger partial charge on any atom is 0.275 e. The first-order valence-electron chi connectivity index (χ1n) is 6.68. The molecule has 0 atom stereocenters. The number of hydrogen-bond acceptors (Lipinski definition) is 3. The molecule has 0 spiro atoms. The van der Waals surface area contributed by atoms with E-state index in [4.69, 9.17) is 0 Å². The largest absolute Gasteiger partial charge is 0.360 e. The Morgan fingerprint density at radius 3 is 2.57 bits per heavy atom. The van der Waals surface area contributed by atoms with Crippen molar-refractivity contribution in [2.24, 2.45) is 0 Å². The monoisotopic (exact) mass is 315 g/mol. The summed E-state index contributed by atoms with van der Waals surface area (Å²) >= 11 is 0. The first kappa shape index (κ1) is 14.7. The lowest BCUT2D eigenvalue weighted by atomic mass is 10.1. The Morgan fingerprint density at radius 2 is 1.83 bits per heavy atom. The molecule has 0 fully saturated rings. The van der Waals surface area contributed by atoms with Crippen LogP contribution in [0.15, 0.2) is 53.5 Å². The number of rotatable bonds is 3. The van der Waals surface area contributed by atoms with Crippen molar-refractivity contribution < 1.29 is 13.6 Å². The molecule has 1 aromatic heterocycles. The van der Waals surface area contributed by atoms with Gasteiger partial charge < -0.3 is 4.98 Å². The summed E-state index contributed by atoms with van der Waals surface area (Å²) in [5, 5.41) is -0.362. The second-order valence-electron chi connectivity index (χ2n) is 4.79. The number of H-pyrrole nitrogens is 1. The van der Waals surface area contributed by atoms with E-state index < -0.39 is 23.0 Å². The van der Waals surface area contributed by atoms with Crippen molar-refractivity contribution in [3.8, 4) is 0 Å². The number of carbonyl (C=O) groups is 1. The van der Waals surface area contributed by atoms with Crippen LogP contribution in [0, 0.1) is 11.6 Å². The van der Waals surface area contributed by atoms with Crippen molar-refractivity contribution in [2.75, 3.05) is 5.43 Å². The van der Waals surface area contributed by atoms with Crippen molar-refractivity contribution in [1.29, 1.82) is 0 Å². The molecule has 0 aliphatic rings. The SMILES string of the molecule is O=C(NNc1ccccc1)c1c[nH]c2cc(F)cc(F)c2c1=O. The number of hydrogen-bond donors (Lipinski definition) is 3. The lowest BCUT2D eigenvalue weighted by Gasteiger charge is -2.08. The number of anilines is 1. The number of carbonyl (C=O) groups excluding carboxylic acids is 1. The third-order valence-electron chi connectivity index (χ3n) is 3.24. The van der Waals surface area contributed by atoms with Gasteiger partial charge in [0.25, 0.3) is 5.91 Å². The number of aromatic nitrogens is 1. The lowest BCUT2D eigenvalue weighted by Crippen LogP contribution is -2.33. The maximum absolute atomic E-state index is 13.8.